The fourth-order valence-corrected chi connectivity index (χ4v) is 2.14. The number of benzene rings is 1. The van der Waals surface area contributed by atoms with Crippen molar-refractivity contribution in [2.24, 2.45) is 0 Å². The van der Waals surface area contributed by atoms with Gasteiger partial charge in [0, 0.05) is 11.6 Å². The molecule has 0 bridgehead atoms. The van der Waals surface area contributed by atoms with Gasteiger partial charge >= 0.3 is 5.97 Å². The Hall–Kier alpha value is -1.55. The fraction of sp³-hybridized carbons (Fsp3) is 0.417. The standard InChI is InChI=1S/C12H15NO3/c1-16-11-5-3-2-4-8(11)9-6-7-10(13-9)12(14)15/h2-5,9-10,13H,6-7H2,1H3,(H,14,15)/t9-,10+/m0/s1. The van der Waals surface area contributed by atoms with Gasteiger partial charge in [-0.15, -0.1) is 0 Å². The molecule has 1 aromatic rings. The second-order valence-electron chi connectivity index (χ2n) is 3.93. The first-order chi connectivity index (χ1) is 7.72. The van der Waals surface area contributed by atoms with Gasteiger partial charge in [-0.25, -0.2) is 0 Å². The van der Waals surface area contributed by atoms with Crippen molar-refractivity contribution in [1.29, 1.82) is 0 Å². The molecule has 1 saturated heterocycles. The van der Waals surface area contributed by atoms with Crippen molar-refractivity contribution in [3.05, 3.63) is 29.8 Å². The van der Waals surface area contributed by atoms with Crippen LogP contribution in [0.4, 0.5) is 0 Å². The average molecular weight is 221 g/mol. The number of hydrogen-bond acceptors (Lipinski definition) is 3. The molecule has 86 valence electrons. The first-order valence-corrected chi connectivity index (χ1v) is 5.34. The van der Waals surface area contributed by atoms with E-state index < -0.39 is 12.0 Å². The monoisotopic (exact) mass is 221 g/mol. The number of carboxylic acids is 1. The zero-order chi connectivity index (χ0) is 11.5. The summed E-state index contributed by atoms with van der Waals surface area (Å²) in [5, 5.41) is 12.0. The molecular formula is C12H15NO3. The Kier molecular flexibility index (Phi) is 3.10. The van der Waals surface area contributed by atoms with E-state index >= 15 is 0 Å². The summed E-state index contributed by atoms with van der Waals surface area (Å²) in [4.78, 5) is 10.8. The zero-order valence-electron chi connectivity index (χ0n) is 9.14. The highest BCUT2D eigenvalue weighted by Crippen LogP contribution is 2.32. The van der Waals surface area contributed by atoms with Crippen LogP contribution in [-0.2, 0) is 4.79 Å². The maximum absolute atomic E-state index is 10.8. The number of aliphatic carboxylic acids is 1. The normalized spacial score (nSPS) is 24.3. The van der Waals surface area contributed by atoms with E-state index in [-0.39, 0.29) is 6.04 Å². The Balaban J connectivity index is 2.17. The molecule has 0 unspecified atom stereocenters. The highest BCUT2D eigenvalue weighted by molar-refractivity contribution is 5.74. The summed E-state index contributed by atoms with van der Waals surface area (Å²) in [7, 11) is 1.63. The number of methoxy groups -OCH3 is 1. The van der Waals surface area contributed by atoms with Crippen molar-refractivity contribution in [1.82, 2.24) is 5.32 Å². The molecule has 0 spiro atoms. The molecule has 4 nitrogen and oxygen atoms in total. The van der Waals surface area contributed by atoms with Gasteiger partial charge in [0.1, 0.15) is 11.8 Å². The minimum absolute atomic E-state index is 0.0808. The van der Waals surface area contributed by atoms with E-state index in [0.717, 1.165) is 17.7 Å². The number of para-hydroxylation sites is 1. The lowest BCUT2D eigenvalue weighted by atomic mass is 10.0. The summed E-state index contributed by atoms with van der Waals surface area (Å²) in [6.07, 6.45) is 1.50. The van der Waals surface area contributed by atoms with Crippen molar-refractivity contribution in [3.63, 3.8) is 0 Å². The third-order valence-electron chi connectivity index (χ3n) is 2.96. The van der Waals surface area contributed by atoms with Crippen LogP contribution in [-0.4, -0.2) is 24.2 Å². The van der Waals surface area contributed by atoms with E-state index in [0.29, 0.717) is 6.42 Å². The van der Waals surface area contributed by atoms with Gasteiger partial charge in [-0.05, 0) is 18.9 Å². The molecule has 4 heteroatoms. The third-order valence-corrected chi connectivity index (χ3v) is 2.96. The van der Waals surface area contributed by atoms with Gasteiger partial charge in [-0.1, -0.05) is 18.2 Å². The highest BCUT2D eigenvalue weighted by atomic mass is 16.5. The van der Waals surface area contributed by atoms with Crippen LogP contribution in [0.1, 0.15) is 24.4 Å². The second-order valence-corrected chi connectivity index (χ2v) is 3.93. The molecule has 0 amide bonds. The predicted octanol–water partition coefficient (Wildman–Crippen LogP) is 1.57. The van der Waals surface area contributed by atoms with Gasteiger partial charge < -0.3 is 9.84 Å². The molecule has 1 fully saturated rings. The van der Waals surface area contributed by atoms with Crippen LogP contribution >= 0.6 is 0 Å². The quantitative estimate of drug-likeness (QED) is 0.813. The van der Waals surface area contributed by atoms with Crippen LogP contribution < -0.4 is 10.1 Å². The summed E-state index contributed by atoms with van der Waals surface area (Å²) in [6, 6.07) is 7.36. The van der Waals surface area contributed by atoms with Crippen molar-refractivity contribution in [2.75, 3.05) is 7.11 Å². The van der Waals surface area contributed by atoms with E-state index in [1.165, 1.54) is 0 Å². The topological polar surface area (TPSA) is 58.6 Å². The van der Waals surface area contributed by atoms with Gasteiger partial charge in [0.15, 0.2) is 0 Å². The summed E-state index contributed by atoms with van der Waals surface area (Å²) >= 11 is 0. The van der Waals surface area contributed by atoms with Gasteiger partial charge in [-0.2, -0.15) is 0 Å². The number of carboxylic acid groups (broad SMARTS) is 1. The van der Waals surface area contributed by atoms with Crippen molar-refractivity contribution >= 4 is 5.97 Å². The third kappa shape index (κ3) is 2.02. The lowest BCUT2D eigenvalue weighted by molar-refractivity contribution is -0.139. The van der Waals surface area contributed by atoms with Gasteiger partial charge in [0.05, 0.1) is 7.11 Å². The van der Waals surface area contributed by atoms with Crippen LogP contribution in [0.15, 0.2) is 24.3 Å². The number of rotatable bonds is 3. The fourth-order valence-electron chi connectivity index (χ4n) is 2.14. The molecule has 16 heavy (non-hydrogen) atoms. The van der Waals surface area contributed by atoms with Crippen LogP contribution in [0.3, 0.4) is 0 Å². The van der Waals surface area contributed by atoms with Gasteiger partial charge in [0.2, 0.25) is 0 Å². The van der Waals surface area contributed by atoms with Crippen LogP contribution in [0, 0.1) is 0 Å². The number of ether oxygens (including phenoxy) is 1. The number of hydrogen-bond donors (Lipinski definition) is 2. The Morgan fingerprint density at radius 2 is 2.19 bits per heavy atom. The van der Waals surface area contributed by atoms with Crippen molar-refractivity contribution < 1.29 is 14.6 Å². The Bertz CT molecular complexity index is 392. The second kappa shape index (κ2) is 4.53. The maximum Gasteiger partial charge on any atom is 0.320 e. The maximum atomic E-state index is 10.8. The smallest absolute Gasteiger partial charge is 0.320 e. The molecule has 0 aromatic heterocycles. The molecule has 0 radical (unpaired) electrons. The largest absolute Gasteiger partial charge is 0.496 e. The van der Waals surface area contributed by atoms with Crippen molar-refractivity contribution in [3.8, 4) is 5.75 Å². The molecule has 1 aliphatic rings. The van der Waals surface area contributed by atoms with E-state index in [1.54, 1.807) is 7.11 Å². The first kappa shape index (κ1) is 11.0. The van der Waals surface area contributed by atoms with Gasteiger partial charge in [0.25, 0.3) is 0 Å². The molecule has 0 aliphatic carbocycles. The number of carbonyl (C=O) groups is 1. The molecule has 2 atom stereocenters. The molecule has 1 aliphatic heterocycles. The predicted molar refractivity (Wildman–Crippen MR) is 59.5 cm³/mol. The van der Waals surface area contributed by atoms with Crippen LogP contribution in [0.5, 0.6) is 5.75 Å². The average Bonchev–Trinajstić information content (AvgIpc) is 2.78. The van der Waals surface area contributed by atoms with Crippen molar-refractivity contribution in [2.45, 2.75) is 24.9 Å². The molecule has 2 rings (SSSR count). The minimum atomic E-state index is -0.780. The Morgan fingerprint density at radius 1 is 1.44 bits per heavy atom. The van der Waals surface area contributed by atoms with Crippen LogP contribution in [0.2, 0.25) is 0 Å². The SMILES string of the molecule is COc1ccccc1[C@@H]1CC[C@H](C(=O)O)N1. The summed E-state index contributed by atoms with van der Waals surface area (Å²) in [5.74, 6) is 0.0310. The molecule has 1 heterocycles. The zero-order valence-corrected chi connectivity index (χ0v) is 9.14. The Morgan fingerprint density at radius 3 is 2.81 bits per heavy atom. The Labute approximate surface area is 94.2 Å². The van der Waals surface area contributed by atoms with Gasteiger partial charge in [-0.3, -0.25) is 10.1 Å². The summed E-state index contributed by atoms with van der Waals surface area (Å²) in [5.41, 5.74) is 1.04. The molecule has 2 N–H and O–H groups in total. The van der Waals surface area contributed by atoms with E-state index in [9.17, 15) is 4.79 Å². The lowest BCUT2D eigenvalue weighted by Crippen LogP contribution is -2.31. The van der Waals surface area contributed by atoms with Crippen LogP contribution in [0.25, 0.3) is 0 Å². The molecule has 1 aromatic carbocycles. The summed E-state index contributed by atoms with van der Waals surface area (Å²) < 4.78 is 5.27. The summed E-state index contributed by atoms with van der Waals surface area (Å²) in [6.45, 7) is 0. The van der Waals surface area contributed by atoms with E-state index in [2.05, 4.69) is 5.32 Å². The van der Waals surface area contributed by atoms with E-state index in [1.807, 2.05) is 24.3 Å². The first-order valence-electron chi connectivity index (χ1n) is 5.34. The van der Waals surface area contributed by atoms with E-state index in [4.69, 9.17) is 9.84 Å². The molecule has 0 saturated carbocycles. The number of nitrogens with one attached hydrogen (secondary N) is 1. The lowest BCUT2D eigenvalue weighted by Gasteiger charge is -2.15. The minimum Gasteiger partial charge on any atom is -0.496 e. The highest BCUT2D eigenvalue weighted by Gasteiger charge is 2.30. The molecular weight excluding hydrogens is 206 g/mol.